The number of fused-ring (bicyclic) bond motifs is 7. The van der Waals surface area contributed by atoms with Gasteiger partial charge >= 0.3 is 17.9 Å². The van der Waals surface area contributed by atoms with Crippen LogP contribution < -0.4 is 0 Å². The molecular weight excluding hydrogens is 504 g/mol. The maximum absolute atomic E-state index is 12.9. The SMILES string of the molecule is C=C(C)[C@@H]1CC[C@]2(C(=O)O)CC[C@]3(C)[C@H](CC[C@@H]4[C@@]5(C)C[C@H](OC(C)=O)[C@H](OC(C)=O)C(C)(C)[C@@H]5CC[C@]43C)[C@@H]12. The summed E-state index contributed by atoms with van der Waals surface area (Å²) in [6, 6.07) is 0. The first-order valence-corrected chi connectivity index (χ1v) is 15.7. The molecule has 0 heterocycles. The van der Waals surface area contributed by atoms with Crippen LogP contribution in [0.2, 0.25) is 0 Å². The lowest BCUT2D eigenvalue weighted by atomic mass is 9.32. The summed E-state index contributed by atoms with van der Waals surface area (Å²) in [5.74, 6) is 0.259. The number of carboxylic acid groups (broad SMARTS) is 1. The van der Waals surface area contributed by atoms with Crippen molar-refractivity contribution in [2.75, 3.05) is 0 Å². The fourth-order valence-corrected chi connectivity index (χ4v) is 12.3. The molecule has 5 aliphatic rings. The van der Waals surface area contributed by atoms with E-state index in [4.69, 9.17) is 9.47 Å². The summed E-state index contributed by atoms with van der Waals surface area (Å²) >= 11 is 0. The van der Waals surface area contributed by atoms with Gasteiger partial charge in [-0.3, -0.25) is 14.4 Å². The van der Waals surface area contributed by atoms with Gasteiger partial charge in [-0.05, 0) is 111 Å². The zero-order chi connectivity index (χ0) is 29.6. The van der Waals surface area contributed by atoms with Crippen molar-refractivity contribution >= 4 is 17.9 Å². The summed E-state index contributed by atoms with van der Waals surface area (Å²) in [7, 11) is 0. The molecule has 0 saturated heterocycles. The third-order valence-electron chi connectivity index (χ3n) is 14.0. The summed E-state index contributed by atoms with van der Waals surface area (Å²) in [4.78, 5) is 37.3. The first-order chi connectivity index (χ1) is 18.5. The quantitative estimate of drug-likeness (QED) is 0.291. The minimum absolute atomic E-state index is 0.0271. The number of rotatable bonds is 4. The Labute approximate surface area is 241 Å². The van der Waals surface area contributed by atoms with Gasteiger partial charge in [0, 0.05) is 19.3 Å². The molecule has 0 bridgehead atoms. The number of hydrogen-bond donors (Lipinski definition) is 1. The highest BCUT2D eigenvalue weighted by Gasteiger charge is 2.73. The molecular formula is C34H52O6. The number of allylic oxidation sites excluding steroid dienone is 1. The molecule has 6 heteroatoms. The van der Waals surface area contributed by atoms with Crippen LogP contribution in [0.5, 0.6) is 0 Å². The van der Waals surface area contributed by atoms with Gasteiger partial charge in [0.1, 0.15) is 12.2 Å². The Balaban J connectivity index is 1.56. The number of esters is 2. The zero-order valence-electron chi connectivity index (χ0n) is 26.1. The molecule has 0 radical (unpaired) electrons. The van der Waals surface area contributed by atoms with Crippen LogP contribution in [0.4, 0.5) is 0 Å². The Morgan fingerprint density at radius 2 is 1.43 bits per heavy atom. The van der Waals surface area contributed by atoms with E-state index in [9.17, 15) is 19.5 Å². The first kappa shape index (κ1) is 29.6. The van der Waals surface area contributed by atoms with Crippen LogP contribution in [0, 0.1) is 56.7 Å². The van der Waals surface area contributed by atoms with Gasteiger partial charge < -0.3 is 14.6 Å². The zero-order valence-corrected chi connectivity index (χ0v) is 26.1. The molecule has 1 N–H and O–H groups in total. The third-order valence-corrected chi connectivity index (χ3v) is 14.0. The number of carboxylic acids is 1. The van der Waals surface area contributed by atoms with Gasteiger partial charge in [-0.2, -0.15) is 0 Å². The van der Waals surface area contributed by atoms with E-state index in [1.54, 1.807) is 0 Å². The fourth-order valence-electron chi connectivity index (χ4n) is 12.3. The lowest BCUT2D eigenvalue weighted by Crippen LogP contribution is -2.69. The van der Waals surface area contributed by atoms with E-state index in [0.717, 1.165) is 56.9 Å². The highest BCUT2D eigenvalue weighted by molar-refractivity contribution is 5.76. The number of hydrogen-bond acceptors (Lipinski definition) is 5. The van der Waals surface area contributed by atoms with Crippen LogP contribution in [0.15, 0.2) is 12.2 Å². The minimum Gasteiger partial charge on any atom is -0.481 e. The second-order valence-electron chi connectivity index (χ2n) is 15.9. The smallest absolute Gasteiger partial charge is 0.309 e. The summed E-state index contributed by atoms with van der Waals surface area (Å²) in [5, 5.41) is 10.6. The van der Waals surface area contributed by atoms with Crippen molar-refractivity contribution in [3.63, 3.8) is 0 Å². The van der Waals surface area contributed by atoms with Gasteiger partial charge in [0.05, 0.1) is 5.41 Å². The second-order valence-corrected chi connectivity index (χ2v) is 15.9. The van der Waals surface area contributed by atoms with Gasteiger partial charge in [-0.15, -0.1) is 0 Å². The highest BCUT2D eigenvalue weighted by atomic mass is 16.6. The normalized spacial score (nSPS) is 49.0. The monoisotopic (exact) mass is 556 g/mol. The molecule has 0 amide bonds. The highest BCUT2D eigenvalue weighted by Crippen LogP contribution is 2.77. The van der Waals surface area contributed by atoms with Crippen LogP contribution >= 0.6 is 0 Å². The lowest BCUT2D eigenvalue weighted by Gasteiger charge is -2.73. The van der Waals surface area contributed by atoms with E-state index in [2.05, 4.69) is 48.1 Å². The van der Waals surface area contributed by atoms with Crippen molar-refractivity contribution in [2.45, 2.75) is 125 Å². The molecule has 0 spiro atoms. The van der Waals surface area contributed by atoms with Gasteiger partial charge in [0.15, 0.2) is 0 Å². The molecule has 0 unspecified atom stereocenters. The maximum atomic E-state index is 12.9. The summed E-state index contributed by atoms with van der Waals surface area (Å²) in [5.41, 5.74) is 0.155. The number of carbonyl (C=O) groups is 3. The Morgan fingerprint density at radius 3 is 2.00 bits per heavy atom. The summed E-state index contributed by atoms with van der Waals surface area (Å²) in [6.45, 7) is 21.2. The van der Waals surface area contributed by atoms with Crippen molar-refractivity contribution in [3.05, 3.63) is 12.2 Å². The molecule has 5 rings (SSSR count). The van der Waals surface area contributed by atoms with E-state index in [0.29, 0.717) is 24.2 Å². The maximum Gasteiger partial charge on any atom is 0.309 e. The molecule has 0 aromatic carbocycles. The van der Waals surface area contributed by atoms with Crippen molar-refractivity contribution in [1.29, 1.82) is 0 Å². The molecule has 5 fully saturated rings. The molecule has 0 aromatic heterocycles. The van der Waals surface area contributed by atoms with Crippen LogP contribution in [-0.4, -0.2) is 35.2 Å². The Hall–Kier alpha value is -1.85. The predicted octanol–water partition coefficient (Wildman–Crippen LogP) is 7.20. The summed E-state index contributed by atoms with van der Waals surface area (Å²) in [6.07, 6.45) is 7.37. The predicted molar refractivity (Wildman–Crippen MR) is 153 cm³/mol. The number of ether oxygens (including phenoxy) is 2. The van der Waals surface area contributed by atoms with Crippen molar-refractivity contribution in [2.24, 2.45) is 56.7 Å². The minimum atomic E-state index is -0.622. The Morgan fingerprint density at radius 1 is 0.775 bits per heavy atom. The van der Waals surface area contributed by atoms with Crippen LogP contribution in [0.3, 0.4) is 0 Å². The van der Waals surface area contributed by atoms with Gasteiger partial charge in [0.25, 0.3) is 0 Å². The number of aliphatic carboxylic acids is 1. The topological polar surface area (TPSA) is 89.9 Å². The average molecular weight is 557 g/mol. The van der Waals surface area contributed by atoms with Crippen molar-refractivity contribution in [3.8, 4) is 0 Å². The molecule has 40 heavy (non-hydrogen) atoms. The second kappa shape index (κ2) is 9.33. The van der Waals surface area contributed by atoms with Crippen molar-refractivity contribution < 1.29 is 29.0 Å². The molecule has 0 aliphatic heterocycles. The van der Waals surface area contributed by atoms with Crippen LogP contribution in [-0.2, 0) is 23.9 Å². The van der Waals surface area contributed by atoms with Gasteiger partial charge in [0.2, 0.25) is 0 Å². The lowest BCUT2D eigenvalue weighted by molar-refractivity contribution is -0.268. The average Bonchev–Trinajstić information content (AvgIpc) is 3.23. The molecule has 6 nitrogen and oxygen atoms in total. The van der Waals surface area contributed by atoms with Gasteiger partial charge in [-0.25, -0.2) is 0 Å². The Bertz CT molecular complexity index is 1110. The Kier molecular flexibility index (Phi) is 6.91. The number of carbonyl (C=O) groups excluding carboxylic acids is 2. The molecule has 5 aliphatic carbocycles. The third kappa shape index (κ3) is 3.82. The van der Waals surface area contributed by atoms with E-state index < -0.39 is 23.6 Å². The summed E-state index contributed by atoms with van der Waals surface area (Å²) < 4.78 is 11.9. The molecule has 224 valence electrons. The van der Waals surface area contributed by atoms with E-state index >= 15 is 0 Å². The van der Waals surface area contributed by atoms with E-state index in [1.165, 1.54) is 13.8 Å². The molecule has 0 aromatic rings. The standard InChI is InChI=1S/C34H52O6/c1-19(2)22-12-15-34(29(37)38)17-16-32(8)23(27(22)34)10-11-26-31(7)18-24(39-20(3)35)28(40-21(4)36)30(5,6)25(31)13-14-33(26,32)9/h22-28H,1,10-18H2,2-9H3,(H,37,38)/t22-,23+,24-,25-,26+,27+,28-,31-,32+,33+,34-/m0/s1. The van der Waals surface area contributed by atoms with E-state index in [-0.39, 0.29) is 45.4 Å². The van der Waals surface area contributed by atoms with E-state index in [1.807, 2.05) is 0 Å². The molecule has 11 atom stereocenters. The van der Waals surface area contributed by atoms with Crippen LogP contribution in [0.1, 0.15) is 113 Å². The molecule has 5 saturated carbocycles. The first-order valence-electron chi connectivity index (χ1n) is 15.7. The fraction of sp³-hybridized carbons (Fsp3) is 0.853. The van der Waals surface area contributed by atoms with Gasteiger partial charge in [-0.1, -0.05) is 46.8 Å². The largest absolute Gasteiger partial charge is 0.481 e. The van der Waals surface area contributed by atoms with Crippen LogP contribution in [0.25, 0.3) is 0 Å². The van der Waals surface area contributed by atoms with Crippen molar-refractivity contribution in [1.82, 2.24) is 0 Å².